The molecule has 0 heterocycles. The molecular formula is C15H23BrN2. The molecule has 2 rings (SSSR count). The minimum absolute atomic E-state index is 0.260. The van der Waals surface area contributed by atoms with Crippen LogP contribution in [0, 0.1) is 12.8 Å². The van der Waals surface area contributed by atoms with Gasteiger partial charge in [-0.3, -0.25) is 0 Å². The van der Waals surface area contributed by atoms with Gasteiger partial charge in [-0.15, -0.1) is 0 Å². The number of hydrogen-bond donors (Lipinski definition) is 2. The van der Waals surface area contributed by atoms with Gasteiger partial charge in [0, 0.05) is 23.1 Å². The molecule has 2 nitrogen and oxygen atoms in total. The highest BCUT2D eigenvalue weighted by atomic mass is 79.9. The third kappa shape index (κ3) is 3.34. The number of hydrogen-bond acceptors (Lipinski definition) is 2. The topological polar surface area (TPSA) is 38.0 Å². The lowest BCUT2D eigenvalue weighted by molar-refractivity contribution is 0.433. The van der Waals surface area contributed by atoms with Crippen molar-refractivity contribution in [3.63, 3.8) is 0 Å². The lowest BCUT2D eigenvalue weighted by atomic mass is 10.0. The van der Waals surface area contributed by atoms with Crippen molar-refractivity contribution in [1.29, 1.82) is 0 Å². The van der Waals surface area contributed by atoms with Gasteiger partial charge in [0.2, 0.25) is 0 Å². The summed E-state index contributed by atoms with van der Waals surface area (Å²) in [6, 6.07) is 7.39. The predicted molar refractivity (Wildman–Crippen MR) is 80.6 cm³/mol. The molecule has 3 unspecified atom stereocenters. The first-order valence-electron chi connectivity index (χ1n) is 6.82. The van der Waals surface area contributed by atoms with Crippen LogP contribution in [0.3, 0.4) is 0 Å². The zero-order valence-corrected chi connectivity index (χ0v) is 12.8. The van der Waals surface area contributed by atoms with Crippen molar-refractivity contribution in [2.45, 2.75) is 45.2 Å². The van der Waals surface area contributed by atoms with Crippen LogP contribution in [0.2, 0.25) is 0 Å². The van der Waals surface area contributed by atoms with E-state index in [1.165, 1.54) is 30.4 Å². The van der Waals surface area contributed by atoms with Gasteiger partial charge in [-0.2, -0.15) is 0 Å². The molecule has 0 spiro atoms. The van der Waals surface area contributed by atoms with E-state index in [0.717, 1.165) is 10.4 Å². The summed E-state index contributed by atoms with van der Waals surface area (Å²) < 4.78 is 1.16. The molecule has 1 fully saturated rings. The minimum atomic E-state index is 0.260. The maximum absolute atomic E-state index is 5.94. The van der Waals surface area contributed by atoms with Crippen LogP contribution in [0.25, 0.3) is 0 Å². The van der Waals surface area contributed by atoms with Crippen LogP contribution in [0.1, 0.15) is 43.4 Å². The second-order valence-corrected chi connectivity index (χ2v) is 6.45. The van der Waals surface area contributed by atoms with E-state index in [0.29, 0.717) is 12.6 Å². The quantitative estimate of drug-likeness (QED) is 0.892. The maximum atomic E-state index is 5.94. The van der Waals surface area contributed by atoms with Crippen molar-refractivity contribution in [2.75, 3.05) is 6.54 Å². The molecule has 18 heavy (non-hydrogen) atoms. The zero-order chi connectivity index (χ0) is 13.1. The lowest BCUT2D eigenvalue weighted by Gasteiger charge is -2.23. The number of aryl methyl sites for hydroxylation is 1. The summed E-state index contributed by atoms with van der Waals surface area (Å²) in [4.78, 5) is 0. The number of nitrogens with one attached hydrogen (secondary N) is 1. The van der Waals surface area contributed by atoms with Gasteiger partial charge in [0.05, 0.1) is 0 Å². The van der Waals surface area contributed by atoms with E-state index in [4.69, 9.17) is 5.73 Å². The number of halogens is 1. The van der Waals surface area contributed by atoms with Crippen molar-refractivity contribution >= 4 is 15.9 Å². The van der Waals surface area contributed by atoms with Crippen molar-refractivity contribution < 1.29 is 0 Å². The third-order valence-corrected chi connectivity index (χ3v) is 4.59. The molecular weight excluding hydrogens is 288 g/mol. The van der Waals surface area contributed by atoms with E-state index in [2.05, 4.69) is 53.3 Å². The highest BCUT2D eigenvalue weighted by Crippen LogP contribution is 2.29. The van der Waals surface area contributed by atoms with Crippen LogP contribution >= 0.6 is 15.9 Å². The molecule has 3 atom stereocenters. The third-order valence-electron chi connectivity index (χ3n) is 3.90. The van der Waals surface area contributed by atoms with E-state index in [-0.39, 0.29) is 6.04 Å². The molecule has 100 valence electrons. The van der Waals surface area contributed by atoms with Crippen molar-refractivity contribution in [3.8, 4) is 0 Å². The molecule has 1 saturated carbocycles. The Morgan fingerprint density at radius 1 is 1.44 bits per heavy atom. The standard InChI is InChI=1S/C15H23BrN2/c1-10-3-5-12(7-10)18-15(9-17)13-6-4-11(2)8-14(13)16/h4,6,8,10,12,15,18H,3,5,7,9,17H2,1-2H3. The fraction of sp³-hybridized carbons (Fsp3) is 0.600. The maximum Gasteiger partial charge on any atom is 0.0457 e. The second kappa shape index (κ2) is 6.18. The van der Waals surface area contributed by atoms with Crippen molar-refractivity contribution in [3.05, 3.63) is 33.8 Å². The monoisotopic (exact) mass is 310 g/mol. The van der Waals surface area contributed by atoms with Crippen molar-refractivity contribution in [2.24, 2.45) is 11.7 Å². The largest absolute Gasteiger partial charge is 0.329 e. The molecule has 0 aliphatic heterocycles. The van der Waals surface area contributed by atoms with E-state index < -0.39 is 0 Å². The predicted octanol–water partition coefficient (Wildman–Crippen LogP) is 3.54. The van der Waals surface area contributed by atoms with Gasteiger partial charge in [-0.1, -0.05) is 35.0 Å². The van der Waals surface area contributed by atoms with E-state index in [1.54, 1.807) is 0 Å². The summed E-state index contributed by atoms with van der Waals surface area (Å²) >= 11 is 3.65. The molecule has 0 aromatic heterocycles. The van der Waals surface area contributed by atoms with Crippen LogP contribution in [0.5, 0.6) is 0 Å². The lowest BCUT2D eigenvalue weighted by Crippen LogP contribution is -2.35. The summed E-state index contributed by atoms with van der Waals surface area (Å²) in [6.07, 6.45) is 3.89. The van der Waals surface area contributed by atoms with Gasteiger partial charge in [0.25, 0.3) is 0 Å². The molecule has 3 N–H and O–H groups in total. The molecule has 1 aliphatic rings. The first-order valence-corrected chi connectivity index (χ1v) is 7.61. The Labute approximate surface area is 118 Å². The second-order valence-electron chi connectivity index (χ2n) is 5.60. The van der Waals surface area contributed by atoms with Crippen LogP contribution in [0.4, 0.5) is 0 Å². The Kier molecular flexibility index (Phi) is 4.82. The zero-order valence-electron chi connectivity index (χ0n) is 11.2. The smallest absolute Gasteiger partial charge is 0.0457 e. The minimum Gasteiger partial charge on any atom is -0.329 e. The van der Waals surface area contributed by atoms with Gasteiger partial charge < -0.3 is 11.1 Å². The molecule has 1 aromatic rings. The molecule has 1 aromatic carbocycles. The number of benzene rings is 1. The van der Waals surface area contributed by atoms with E-state index in [9.17, 15) is 0 Å². The average molecular weight is 311 g/mol. The van der Waals surface area contributed by atoms with Gasteiger partial charge in [-0.05, 0) is 49.3 Å². The number of nitrogens with two attached hydrogens (primary N) is 1. The SMILES string of the molecule is Cc1ccc(C(CN)NC2CCC(C)C2)c(Br)c1. The summed E-state index contributed by atoms with van der Waals surface area (Å²) in [5.74, 6) is 0.849. The van der Waals surface area contributed by atoms with Crippen molar-refractivity contribution in [1.82, 2.24) is 5.32 Å². The van der Waals surface area contributed by atoms with Gasteiger partial charge in [0.1, 0.15) is 0 Å². The highest BCUT2D eigenvalue weighted by Gasteiger charge is 2.24. The van der Waals surface area contributed by atoms with Crippen LogP contribution < -0.4 is 11.1 Å². The Balaban J connectivity index is 2.08. The average Bonchev–Trinajstić information content (AvgIpc) is 2.72. The van der Waals surface area contributed by atoms with Gasteiger partial charge in [-0.25, -0.2) is 0 Å². The van der Waals surface area contributed by atoms with Gasteiger partial charge in [0.15, 0.2) is 0 Å². The fourth-order valence-corrected chi connectivity index (χ4v) is 3.61. The van der Waals surface area contributed by atoms with Crippen LogP contribution in [-0.4, -0.2) is 12.6 Å². The molecule has 0 radical (unpaired) electrons. The first-order chi connectivity index (χ1) is 8.60. The number of rotatable bonds is 4. The van der Waals surface area contributed by atoms with E-state index >= 15 is 0 Å². The highest BCUT2D eigenvalue weighted by molar-refractivity contribution is 9.10. The van der Waals surface area contributed by atoms with Crippen LogP contribution in [0.15, 0.2) is 22.7 Å². The van der Waals surface area contributed by atoms with Crippen LogP contribution in [-0.2, 0) is 0 Å². The molecule has 3 heteroatoms. The molecule has 0 saturated heterocycles. The summed E-state index contributed by atoms with van der Waals surface area (Å²) in [5.41, 5.74) is 8.50. The Morgan fingerprint density at radius 3 is 2.78 bits per heavy atom. The van der Waals surface area contributed by atoms with Gasteiger partial charge >= 0.3 is 0 Å². The summed E-state index contributed by atoms with van der Waals surface area (Å²) in [5, 5.41) is 3.72. The Bertz CT molecular complexity index is 405. The molecule has 1 aliphatic carbocycles. The molecule has 0 amide bonds. The summed E-state index contributed by atoms with van der Waals surface area (Å²) in [6.45, 7) is 5.09. The summed E-state index contributed by atoms with van der Waals surface area (Å²) in [7, 11) is 0. The molecule has 0 bridgehead atoms. The fourth-order valence-electron chi connectivity index (χ4n) is 2.84. The first kappa shape index (κ1) is 14.0. The Morgan fingerprint density at radius 2 is 2.22 bits per heavy atom. The Hall–Kier alpha value is -0.380. The van der Waals surface area contributed by atoms with E-state index in [1.807, 2.05) is 0 Å². The normalized spacial score (nSPS) is 25.3.